The smallest absolute Gasteiger partial charge is 0.328 e. The first-order chi connectivity index (χ1) is 7.97. The first-order valence-corrected chi connectivity index (χ1v) is 5.56. The zero-order chi connectivity index (χ0) is 13.0. The Balaban J connectivity index is 3.00. The van der Waals surface area contributed by atoms with E-state index in [1.54, 1.807) is 13.8 Å². The maximum atomic E-state index is 11.7. The van der Waals surface area contributed by atoms with Gasteiger partial charge in [0.2, 0.25) is 0 Å². The van der Waals surface area contributed by atoms with Gasteiger partial charge in [-0.05, 0) is 26.3 Å². The Labute approximate surface area is 99.6 Å². The van der Waals surface area contributed by atoms with Gasteiger partial charge in [-0.2, -0.15) is 0 Å². The largest absolute Gasteiger partial charge is 0.508 e. The molecule has 0 saturated carbocycles. The van der Waals surface area contributed by atoms with E-state index in [1.165, 1.54) is 10.6 Å². The van der Waals surface area contributed by atoms with E-state index >= 15 is 0 Å². The number of aryl methyl sites for hydroxylation is 1. The monoisotopic (exact) mass is 239 g/mol. The summed E-state index contributed by atoms with van der Waals surface area (Å²) in [7, 11) is 0. The van der Waals surface area contributed by atoms with E-state index < -0.39 is 17.6 Å². The van der Waals surface area contributed by atoms with Gasteiger partial charge in [0.15, 0.2) is 0 Å². The zero-order valence-electron chi connectivity index (χ0n) is 10.3. The molecule has 1 aromatic heterocycles. The molecule has 5 heteroatoms. The Kier molecular flexibility index (Phi) is 4.31. The van der Waals surface area contributed by atoms with Crippen LogP contribution in [0.4, 0.5) is 0 Å². The summed E-state index contributed by atoms with van der Waals surface area (Å²) in [4.78, 5) is 23.3. The Morgan fingerprint density at radius 1 is 1.53 bits per heavy atom. The molecule has 1 N–H and O–H groups in total. The summed E-state index contributed by atoms with van der Waals surface area (Å²) in [5, 5.41) is 9.25. The van der Waals surface area contributed by atoms with Crippen molar-refractivity contribution in [2.24, 2.45) is 0 Å². The third kappa shape index (κ3) is 3.09. The number of hydrogen-bond acceptors (Lipinski definition) is 4. The Hall–Kier alpha value is -1.78. The van der Waals surface area contributed by atoms with Crippen LogP contribution in [-0.4, -0.2) is 22.2 Å². The second-order valence-corrected chi connectivity index (χ2v) is 3.91. The minimum absolute atomic E-state index is 0.0992. The average Bonchev–Trinajstić information content (AvgIpc) is 2.24. The molecular formula is C12H17NO4. The molecule has 0 bridgehead atoms. The van der Waals surface area contributed by atoms with Crippen molar-refractivity contribution in [3.8, 4) is 5.75 Å². The molecule has 0 spiro atoms. The maximum absolute atomic E-state index is 11.7. The van der Waals surface area contributed by atoms with Crippen molar-refractivity contribution in [1.82, 2.24) is 4.57 Å². The van der Waals surface area contributed by atoms with E-state index in [9.17, 15) is 14.7 Å². The van der Waals surface area contributed by atoms with Crippen LogP contribution in [0.1, 0.15) is 32.0 Å². The van der Waals surface area contributed by atoms with Gasteiger partial charge >= 0.3 is 5.97 Å². The number of carbonyl (C=O) groups excluding carboxylic acids is 1. The predicted octanol–water partition coefficient (Wildman–Crippen LogP) is 1.38. The number of esters is 1. The third-order valence-corrected chi connectivity index (χ3v) is 2.42. The van der Waals surface area contributed by atoms with Crippen molar-refractivity contribution < 1.29 is 14.6 Å². The highest BCUT2D eigenvalue weighted by molar-refractivity contribution is 5.73. The molecule has 1 rings (SSSR count). The third-order valence-electron chi connectivity index (χ3n) is 2.42. The average molecular weight is 239 g/mol. The van der Waals surface area contributed by atoms with Crippen molar-refractivity contribution in [3.63, 3.8) is 0 Å². The van der Waals surface area contributed by atoms with Crippen molar-refractivity contribution in [2.45, 2.75) is 33.2 Å². The number of ether oxygens (including phenoxy) is 1. The summed E-state index contributed by atoms with van der Waals surface area (Å²) < 4.78 is 6.29. The molecule has 5 nitrogen and oxygen atoms in total. The van der Waals surface area contributed by atoms with Crippen LogP contribution in [0.5, 0.6) is 5.75 Å². The van der Waals surface area contributed by atoms with Gasteiger partial charge in [0.05, 0.1) is 6.61 Å². The van der Waals surface area contributed by atoms with Gasteiger partial charge < -0.3 is 9.84 Å². The SMILES string of the molecule is CCCOC(=O)[C@H](C)n1c(C)cc(O)cc1=O. The molecule has 0 saturated heterocycles. The summed E-state index contributed by atoms with van der Waals surface area (Å²) in [6.45, 7) is 5.50. The first-order valence-electron chi connectivity index (χ1n) is 5.56. The van der Waals surface area contributed by atoms with Crippen LogP contribution in [0.2, 0.25) is 0 Å². The number of carbonyl (C=O) groups is 1. The molecule has 1 atom stereocenters. The molecule has 17 heavy (non-hydrogen) atoms. The fraction of sp³-hybridized carbons (Fsp3) is 0.500. The van der Waals surface area contributed by atoms with E-state index in [0.717, 1.165) is 12.5 Å². The van der Waals surface area contributed by atoms with Gasteiger partial charge in [-0.3, -0.25) is 9.36 Å². The quantitative estimate of drug-likeness (QED) is 0.806. The summed E-state index contributed by atoms with van der Waals surface area (Å²) in [5.41, 5.74) is 0.111. The number of aromatic nitrogens is 1. The second kappa shape index (κ2) is 5.52. The number of nitrogens with zero attached hydrogens (tertiary/aromatic N) is 1. The highest BCUT2D eigenvalue weighted by Gasteiger charge is 2.19. The lowest BCUT2D eigenvalue weighted by Gasteiger charge is -2.16. The summed E-state index contributed by atoms with van der Waals surface area (Å²) in [5.74, 6) is -0.541. The molecular weight excluding hydrogens is 222 g/mol. The van der Waals surface area contributed by atoms with E-state index in [-0.39, 0.29) is 5.75 Å². The van der Waals surface area contributed by atoms with Crippen LogP contribution in [0.15, 0.2) is 16.9 Å². The molecule has 0 aliphatic carbocycles. The lowest BCUT2D eigenvalue weighted by molar-refractivity contribution is -0.147. The maximum Gasteiger partial charge on any atom is 0.328 e. The Morgan fingerprint density at radius 3 is 2.71 bits per heavy atom. The normalized spacial score (nSPS) is 12.2. The highest BCUT2D eigenvalue weighted by Crippen LogP contribution is 2.13. The minimum atomic E-state index is -0.686. The Bertz CT molecular complexity index is 464. The molecule has 1 heterocycles. The second-order valence-electron chi connectivity index (χ2n) is 3.91. The van der Waals surface area contributed by atoms with Crippen LogP contribution in [-0.2, 0) is 9.53 Å². The molecule has 0 radical (unpaired) electrons. The van der Waals surface area contributed by atoms with E-state index in [2.05, 4.69) is 0 Å². The van der Waals surface area contributed by atoms with Gasteiger partial charge in [0.25, 0.3) is 5.56 Å². The number of rotatable bonds is 4. The molecule has 0 amide bonds. The summed E-state index contributed by atoms with van der Waals surface area (Å²) in [6.07, 6.45) is 0.738. The molecule has 0 aliphatic rings. The van der Waals surface area contributed by atoms with Crippen molar-refractivity contribution in [2.75, 3.05) is 6.61 Å². The van der Waals surface area contributed by atoms with Gasteiger partial charge in [0, 0.05) is 11.8 Å². The Morgan fingerprint density at radius 2 is 2.18 bits per heavy atom. The molecule has 0 fully saturated rings. The highest BCUT2D eigenvalue weighted by atomic mass is 16.5. The fourth-order valence-electron chi connectivity index (χ4n) is 1.62. The van der Waals surface area contributed by atoms with Crippen molar-refractivity contribution >= 4 is 5.97 Å². The summed E-state index contributed by atoms with van der Waals surface area (Å²) >= 11 is 0. The summed E-state index contributed by atoms with van der Waals surface area (Å²) in [6, 6.07) is 1.83. The molecule has 0 unspecified atom stereocenters. The van der Waals surface area contributed by atoms with Crippen LogP contribution in [0.3, 0.4) is 0 Å². The van der Waals surface area contributed by atoms with Crippen molar-refractivity contribution in [1.29, 1.82) is 0 Å². The van der Waals surface area contributed by atoms with Crippen molar-refractivity contribution in [3.05, 3.63) is 28.2 Å². The molecule has 0 aromatic carbocycles. The number of pyridine rings is 1. The number of aromatic hydroxyl groups is 1. The lowest BCUT2D eigenvalue weighted by Crippen LogP contribution is -2.30. The van der Waals surface area contributed by atoms with Gasteiger partial charge in [-0.1, -0.05) is 6.92 Å². The minimum Gasteiger partial charge on any atom is -0.508 e. The molecule has 94 valence electrons. The van der Waals surface area contributed by atoms with Crippen LogP contribution in [0.25, 0.3) is 0 Å². The standard InChI is InChI=1S/C12H17NO4/c1-4-5-17-12(16)9(3)13-8(2)6-10(14)7-11(13)15/h6-7,9,14H,4-5H2,1-3H3/t9-/m0/s1. The van der Waals surface area contributed by atoms with Gasteiger partial charge in [-0.15, -0.1) is 0 Å². The zero-order valence-corrected chi connectivity index (χ0v) is 10.3. The number of hydrogen-bond donors (Lipinski definition) is 1. The molecule has 1 aromatic rings. The first kappa shape index (κ1) is 13.3. The van der Waals surface area contributed by atoms with Gasteiger partial charge in [-0.25, -0.2) is 4.79 Å². The van der Waals surface area contributed by atoms with Crippen LogP contribution in [0, 0.1) is 6.92 Å². The van der Waals surface area contributed by atoms with E-state index in [1.807, 2.05) is 6.92 Å². The topological polar surface area (TPSA) is 68.5 Å². The molecule has 0 aliphatic heterocycles. The predicted molar refractivity (Wildman–Crippen MR) is 63.1 cm³/mol. The van der Waals surface area contributed by atoms with Crippen LogP contribution < -0.4 is 5.56 Å². The van der Waals surface area contributed by atoms with Gasteiger partial charge in [0.1, 0.15) is 11.8 Å². The van der Waals surface area contributed by atoms with Crippen LogP contribution >= 0.6 is 0 Å². The van der Waals surface area contributed by atoms with E-state index in [0.29, 0.717) is 12.3 Å². The van der Waals surface area contributed by atoms with E-state index in [4.69, 9.17) is 4.74 Å². The lowest BCUT2D eigenvalue weighted by atomic mass is 10.2. The fourth-order valence-corrected chi connectivity index (χ4v) is 1.62.